The van der Waals surface area contributed by atoms with Crippen molar-refractivity contribution >= 4 is 17.9 Å². The van der Waals surface area contributed by atoms with E-state index in [0.717, 1.165) is 19.3 Å². The highest BCUT2D eigenvalue weighted by molar-refractivity contribution is 6.01. The molecular weight excluding hydrogens is 224 g/mol. The summed E-state index contributed by atoms with van der Waals surface area (Å²) in [7, 11) is 0. The average Bonchev–Trinajstić information content (AvgIpc) is 2.60. The molecule has 0 aromatic rings. The maximum atomic E-state index is 11.2. The van der Waals surface area contributed by atoms with Gasteiger partial charge in [0, 0.05) is 13.0 Å². The Balaban J connectivity index is 2.06. The molecule has 1 saturated heterocycles. The van der Waals surface area contributed by atoms with E-state index < -0.39 is 0 Å². The van der Waals surface area contributed by atoms with Crippen molar-refractivity contribution in [3.05, 3.63) is 0 Å². The van der Waals surface area contributed by atoms with Gasteiger partial charge < -0.3 is 10.1 Å². The molecule has 1 N–H and O–H groups in total. The van der Waals surface area contributed by atoms with E-state index in [-0.39, 0.29) is 24.5 Å². The van der Waals surface area contributed by atoms with Crippen LogP contribution in [0.5, 0.6) is 0 Å². The third-order valence-corrected chi connectivity index (χ3v) is 2.50. The third kappa shape index (κ3) is 4.42. The van der Waals surface area contributed by atoms with Crippen LogP contribution in [0.15, 0.2) is 0 Å². The molecule has 0 radical (unpaired) electrons. The van der Waals surface area contributed by atoms with Gasteiger partial charge >= 0.3 is 12.0 Å². The van der Waals surface area contributed by atoms with Crippen LogP contribution < -0.4 is 5.32 Å². The van der Waals surface area contributed by atoms with E-state index in [4.69, 9.17) is 4.74 Å². The number of carbonyl (C=O) groups excluding carboxylic acids is 3. The molecule has 1 aliphatic rings. The zero-order valence-corrected chi connectivity index (χ0v) is 10.0. The van der Waals surface area contributed by atoms with Gasteiger partial charge in [-0.15, -0.1) is 0 Å². The zero-order valence-electron chi connectivity index (χ0n) is 10.0. The van der Waals surface area contributed by atoms with Crippen LogP contribution in [0.1, 0.15) is 32.6 Å². The molecule has 6 nitrogen and oxygen atoms in total. The Labute approximate surface area is 100 Å². The van der Waals surface area contributed by atoms with Gasteiger partial charge in [0.05, 0.1) is 13.2 Å². The number of unbranched alkanes of at least 4 members (excludes halogenated alkanes) is 2. The van der Waals surface area contributed by atoms with Crippen molar-refractivity contribution < 1.29 is 19.1 Å². The summed E-state index contributed by atoms with van der Waals surface area (Å²) in [6.07, 6.45) is 2.64. The summed E-state index contributed by atoms with van der Waals surface area (Å²) in [6.45, 7) is 2.70. The smallest absolute Gasteiger partial charge is 0.324 e. The SMILES string of the molecule is CCOC(=O)CCCCCN1C(=O)CNC1=O. The molecule has 0 spiro atoms. The number of urea groups is 1. The van der Waals surface area contributed by atoms with E-state index >= 15 is 0 Å². The summed E-state index contributed by atoms with van der Waals surface area (Å²) >= 11 is 0. The van der Waals surface area contributed by atoms with Gasteiger partial charge in [0.1, 0.15) is 0 Å². The predicted molar refractivity (Wildman–Crippen MR) is 60.2 cm³/mol. The molecule has 1 rings (SSSR count). The van der Waals surface area contributed by atoms with Crippen molar-refractivity contribution in [1.29, 1.82) is 0 Å². The second-order valence-electron chi connectivity index (χ2n) is 3.82. The maximum Gasteiger partial charge on any atom is 0.324 e. The molecule has 6 heteroatoms. The summed E-state index contributed by atoms with van der Waals surface area (Å²) in [5.74, 6) is -0.372. The third-order valence-electron chi connectivity index (χ3n) is 2.50. The van der Waals surface area contributed by atoms with Crippen molar-refractivity contribution in [3.8, 4) is 0 Å². The highest BCUT2D eigenvalue weighted by atomic mass is 16.5. The minimum absolute atomic E-state index is 0.0989. The van der Waals surface area contributed by atoms with E-state index in [9.17, 15) is 14.4 Å². The summed E-state index contributed by atoms with van der Waals surface area (Å²) in [4.78, 5) is 34.6. The fraction of sp³-hybridized carbons (Fsp3) is 0.727. The number of carbonyl (C=O) groups is 3. The maximum absolute atomic E-state index is 11.2. The van der Waals surface area contributed by atoms with Crippen molar-refractivity contribution in [2.24, 2.45) is 0 Å². The van der Waals surface area contributed by atoms with Crippen molar-refractivity contribution in [3.63, 3.8) is 0 Å². The lowest BCUT2D eigenvalue weighted by Gasteiger charge is -2.11. The van der Waals surface area contributed by atoms with Crippen molar-refractivity contribution in [1.82, 2.24) is 10.2 Å². The number of imide groups is 1. The number of ether oxygens (including phenoxy) is 1. The predicted octanol–water partition coefficient (Wildman–Crippen LogP) is 0.662. The van der Waals surface area contributed by atoms with E-state index in [1.54, 1.807) is 6.92 Å². The topological polar surface area (TPSA) is 75.7 Å². The number of nitrogens with one attached hydrogen (secondary N) is 1. The van der Waals surface area contributed by atoms with Crippen LogP contribution >= 0.6 is 0 Å². The van der Waals surface area contributed by atoms with Crippen LogP contribution in [0.25, 0.3) is 0 Å². The lowest BCUT2D eigenvalue weighted by molar-refractivity contribution is -0.143. The fourth-order valence-corrected chi connectivity index (χ4v) is 1.63. The molecule has 1 heterocycles. The Hall–Kier alpha value is -1.59. The first kappa shape index (κ1) is 13.5. The van der Waals surface area contributed by atoms with Gasteiger partial charge in [0.15, 0.2) is 0 Å². The molecule has 0 atom stereocenters. The molecule has 0 saturated carbocycles. The Morgan fingerprint density at radius 2 is 2.12 bits per heavy atom. The lowest BCUT2D eigenvalue weighted by atomic mass is 10.2. The summed E-state index contributed by atoms with van der Waals surface area (Å²) in [6, 6.07) is -0.319. The summed E-state index contributed by atoms with van der Waals surface area (Å²) in [5.41, 5.74) is 0. The van der Waals surface area contributed by atoms with Crippen molar-refractivity contribution in [2.45, 2.75) is 32.6 Å². The van der Waals surface area contributed by atoms with E-state index in [1.807, 2.05) is 0 Å². The van der Waals surface area contributed by atoms with Gasteiger partial charge in [0.25, 0.3) is 0 Å². The minimum atomic E-state index is -0.319. The van der Waals surface area contributed by atoms with E-state index in [1.165, 1.54) is 4.90 Å². The van der Waals surface area contributed by atoms with Crippen LogP contribution in [-0.4, -0.2) is 42.5 Å². The van der Waals surface area contributed by atoms with Gasteiger partial charge in [-0.1, -0.05) is 6.42 Å². The Morgan fingerprint density at radius 3 is 2.71 bits per heavy atom. The summed E-state index contributed by atoms with van der Waals surface area (Å²) < 4.78 is 4.79. The van der Waals surface area contributed by atoms with Crippen LogP contribution in [-0.2, 0) is 14.3 Å². The zero-order chi connectivity index (χ0) is 12.7. The first-order valence-corrected chi connectivity index (χ1v) is 5.89. The number of hydrogen-bond donors (Lipinski definition) is 1. The molecule has 17 heavy (non-hydrogen) atoms. The van der Waals surface area contributed by atoms with Gasteiger partial charge in [-0.25, -0.2) is 4.79 Å². The highest BCUT2D eigenvalue weighted by Crippen LogP contribution is 2.06. The van der Waals surface area contributed by atoms with Gasteiger partial charge in [0.2, 0.25) is 5.91 Å². The number of esters is 1. The minimum Gasteiger partial charge on any atom is -0.466 e. The molecule has 96 valence electrons. The van der Waals surface area contributed by atoms with Gasteiger partial charge in [-0.2, -0.15) is 0 Å². The van der Waals surface area contributed by atoms with Crippen LogP contribution in [0, 0.1) is 0 Å². The molecule has 0 unspecified atom stereocenters. The number of hydrogen-bond acceptors (Lipinski definition) is 4. The Bertz CT molecular complexity index is 288. The molecule has 1 aliphatic heterocycles. The first-order chi connectivity index (χ1) is 8.15. The number of amides is 3. The Kier molecular flexibility index (Phi) is 5.45. The molecule has 0 aliphatic carbocycles. The number of rotatable bonds is 7. The molecule has 1 fully saturated rings. The van der Waals surface area contributed by atoms with E-state index in [0.29, 0.717) is 19.6 Å². The molecule has 0 aromatic heterocycles. The lowest BCUT2D eigenvalue weighted by Crippen LogP contribution is -2.31. The standard InChI is InChI=1S/C11H18N2O4/c1-2-17-10(15)6-4-3-5-7-13-9(14)8-12-11(13)16/h2-8H2,1H3,(H,12,16). The van der Waals surface area contributed by atoms with Crippen LogP contribution in [0.4, 0.5) is 4.79 Å². The second kappa shape index (κ2) is 6.88. The summed E-state index contributed by atoms with van der Waals surface area (Å²) in [5, 5.41) is 2.46. The van der Waals surface area contributed by atoms with Gasteiger partial charge in [-0.3, -0.25) is 14.5 Å². The van der Waals surface area contributed by atoms with Crippen molar-refractivity contribution in [2.75, 3.05) is 19.7 Å². The van der Waals surface area contributed by atoms with Crippen LogP contribution in [0.2, 0.25) is 0 Å². The molecule has 0 bridgehead atoms. The normalized spacial score (nSPS) is 15.0. The second-order valence-corrected chi connectivity index (χ2v) is 3.82. The first-order valence-electron chi connectivity index (χ1n) is 5.89. The van der Waals surface area contributed by atoms with Crippen LogP contribution in [0.3, 0.4) is 0 Å². The molecule has 0 aromatic carbocycles. The number of nitrogens with zero attached hydrogens (tertiary/aromatic N) is 1. The average molecular weight is 242 g/mol. The quantitative estimate of drug-likeness (QED) is 0.404. The molecular formula is C11H18N2O4. The molecule has 3 amide bonds. The van der Waals surface area contributed by atoms with E-state index in [2.05, 4.69) is 5.32 Å². The monoisotopic (exact) mass is 242 g/mol. The largest absolute Gasteiger partial charge is 0.466 e. The van der Waals surface area contributed by atoms with Gasteiger partial charge in [-0.05, 0) is 19.8 Å². The highest BCUT2D eigenvalue weighted by Gasteiger charge is 2.27. The Morgan fingerprint density at radius 1 is 1.35 bits per heavy atom. The fourth-order valence-electron chi connectivity index (χ4n) is 1.63.